The molecule has 1 N–H and O–H groups in total. The van der Waals surface area contributed by atoms with E-state index in [4.69, 9.17) is 11.6 Å². The maximum Gasteiger partial charge on any atom is 0.325 e. The van der Waals surface area contributed by atoms with Gasteiger partial charge in [0.1, 0.15) is 6.54 Å². The van der Waals surface area contributed by atoms with Gasteiger partial charge in [0.05, 0.1) is 5.69 Å². The first kappa shape index (κ1) is 18.4. The number of amides is 3. The molecule has 1 aliphatic heterocycles. The standard InChI is InChI=1S/C19H16ClN5O2S/c20-14-4-1-5-15(9-14)25-8-7-24(19(25)27)11-17(26)23-18-22-16(12-28-18)13-3-2-6-21-10-13/h1-6,9-10,12H,7-8,11H2,(H,22,23,26). The number of rotatable bonds is 5. The first-order chi connectivity index (χ1) is 13.6. The van der Waals surface area contributed by atoms with Gasteiger partial charge in [-0.05, 0) is 30.3 Å². The molecule has 1 fully saturated rings. The van der Waals surface area contributed by atoms with E-state index in [-0.39, 0.29) is 18.5 Å². The smallest absolute Gasteiger partial charge is 0.313 e. The van der Waals surface area contributed by atoms with Gasteiger partial charge in [0.15, 0.2) is 5.13 Å². The first-order valence-corrected chi connectivity index (χ1v) is 9.84. The highest BCUT2D eigenvalue weighted by atomic mass is 35.5. The van der Waals surface area contributed by atoms with Gasteiger partial charge in [-0.15, -0.1) is 11.3 Å². The third-order valence-corrected chi connectivity index (χ3v) is 5.25. The molecule has 3 heterocycles. The van der Waals surface area contributed by atoms with Gasteiger partial charge in [-0.1, -0.05) is 17.7 Å². The lowest BCUT2D eigenvalue weighted by atomic mass is 10.2. The number of thiazole rings is 1. The zero-order chi connectivity index (χ0) is 19.5. The van der Waals surface area contributed by atoms with E-state index in [0.717, 1.165) is 16.9 Å². The number of carbonyl (C=O) groups excluding carboxylic acids is 2. The number of anilines is 2. The molecule has 0 spiro atoms. The van der Waals surface area contributed by atoms with Gasteiger partial charge in [0.2, 0.25) is 5.91 Å². The van der Waals surface area contributed by atoms with Gasteiger partial charge in [-0.2, -0.15) is 0 Å². The van der Waals surface area contributed by atoms with Gasteiger partial charge in [-0.25, -0.2) is 9.78 Å². The van der Waals surface area contributed by atoms with Crippen molar-refractivity contribution in [3.63, 3.8) is 0 Å². The van der Waals surface area contributed by atoms with Crippen molar-refractivity contribution in [1.29, 1.82) is 0 Å². The molecule has 142 valence electrons. The molecule has 2 aromatic heterocycles. The molecule has 1 saturated heterocycles. The number of hydrogen-bond donors (Lipinski definition) is 1. The minimum absolute atomic E-state index is 0.0301. The lowest BCUT2D eigenvalue weighted by Gasteiger charge is -2.18. The first-order valence-electron chi connectivity index (χ1n) is 8.58. The highest BCUT2D eigenvalue weighted by Crippen LogP contribution is 2.25. The van der Waals surface area contributed by atoms with Crippen LogP contribution in [0.25, 0.3) is 11.3 Å². The maximum absolute atomic E-state index is 12.6. The largest absolute Gasteiger partial charge is 0.325 e. The predicted octanol–water partition coefficient (Wildman–Crippen LogP) is 3.74. The van der Waals surface area contributed by atoms with Crippen molar-refractivity contribution in [2.45, 2.75) is 0 Å². The zero-order valence-electron chi connectivity index (χ0n) is 14.7. The van der Waals surface area contributed by atoms with Gasteiger partial charge in [0, 0.05) is 47.1 Å². The molecule has 0 atom stereocenters. The maximum atomic E-state index is 12.6. The van der Waals surface area contributed by atoms with Crippen LogP contribution < -0.4 is 10.2 Å². The number of nitrogens with one attached hydrogen (secondary N) is 1. The molecular weight excluding hydrogens is 398 g/mol. The van der Waals surface area contributed by atoms with E-state index < -0.39 is 0 Å². The van der Waals surface area contributed by atoms with E-state index in [9.17, 15) is 9.59 Å². The quantitative estimate of drug-likeness (QED) is 0.691. The number of pyridine rings is 1. The van der Waals surface area contributed by atoms with Crippen molar-refractivity contribution in [1.82, 2.24) is 14.9 Å². The summed E-state index contributed by atoms with van der Waals surface area (Å²) in [5.74, 6) is -0.284. The Morgan fingerprint density at radius 2 is 2.14 bits per heavy atom. The average molecular weight is 414 g/mol. The van der Waals surface area contributed by atoms with Crippen LogP contribution in [0.5, 0.6) is 0 Å². The SMILES string of the molecule is O=C(CN1CCN(c2cccc(Cl)c2)C1=O)Nc1nc(-c2cccnc2)cs1. The van der Waals surface area contributed by atoms with Crippen LogP contribution in [0.4, 0.5) is 15.6 Å². The van der Waals surface area contributed by atoms with Crippen LogP contribution in [-0.2, 0) is 4.79 Å². The number of nitrogens with zero attached hydrogens (tertiary/aromatic N) is 4. The van der Waals surface area contributed by atoms with E-state index >= 15 is 0 Å². The molecule has 0 aliphatic carbocycles. The molecule has 0 saturated carbocycles. The van der Waals surface area contributed by atoms with Crippen molar-refractivity contribution >= 4 is 45.7 Å². The Kier molecular flexibility index (Phi) is 5.23. The summed E-state index contributed by atoms with van der Waals surface area (Å²) in [4.78, 5) is 36.6. The molecule has 1 aromatic carbocycles. The van der Waals surface area contributed by atoms with Gasteiger partial charge in [0.25, 0.3) is 0 Å². The summed E-state index contributed by atoms with van der Waals surface area (Å²) in [6, 6.07) is 10.6. The van der Waals surface area contributed by atoms with Crippen LogP contribution in [-0.4, -0.2) is 46.4 Å². The number of carbonyl (C=O) groups is 2. The summed E-state index contributed by atoms with van der Waals surface area (Å²) in [5.41, 5.74) is 2.35. The van der Waals surface area contributed by atoms with E-state index in [0.29, 0.717) is 23.2 Å². The third-order valence-electron chi connectivity index (χ3n) is 4.26. The molecule has 1 aliphatic rings. The molecule has 0 radical (unpaired) electrons. The lowest BCUT2D eigenvalue weighted by Crippen LogP contribution is -2.37. The highest BCUT2D eigenvalue weighted by molar-refractivity contribution is 7.14. The monoisotopic (exact) mass is 413 g/mol. The van der Waals surface area contributed by atoms with Crippen molar-refractivity contribution in [3.8, 4) is 11.3 Å². The average Bonchev–Trinajstić information content (AvgIpc) is 3.30. The van der Waals surface area contributed by atoms with Crippen LogP contribution in [0, 0.1) is 0 Å². The molecular formula is C19H16ClN5O2S. The summed E-state index contributed by atoms with van der Waals surface area (Å²) in [6.45, 7) is 0.949. The van der Waals surface area contributed by atoms with Crippen molar-refractivity contribution in [2.75, 3.05) is 29.9 Å². The fourth-order valence-corrected chi connectivity index (χ4v) is 3.84. The van der Waals surface area contributed by atoms with Crippen molar-refractivity contribution < 1.29 is 9.59 Å². The second-order valence-corrected chi connectivity index (χ2v) is 7.46. The lowest BCUT2D eigenvalue weighted by molar-refractivity contribution is -0.116. The fourth-order valence-electron chi connectivity index (χ4n) is 2.92. The summed E-state index contributed by atoms with van der Waals surface area (Å²) < 4.78 is 0. The summed E-state index contributed by atoms with van der Waals surface area (Å²) >= 11 is 7.33. The molecule has 0 bridgehead atoms. The van der Waals surface area contributed by atoms with Crippen LogP contribution in [0.15, 0.2) is 54.2 Å². The van der Waals surface area contributed by atoms with Crippen LogP contribution in [0.2, 0.25) is 5.02 Å². The second kappa shape index (κ2) is 7.95. The molecule has 3 amide bonds. The van der Waals surface area contributed by atoms with Crippen LogP contribution in [0.1, 0.15) is 0 Å². The Morgan fingerprint density at radius 3 is 2.93 bits per heavy atom. The van der Waals surface area contributed by atoms with E-state index in [1.807, 2.05) is 23.6 Å². The number of benzene rings is 1. The second-order valence-electron chi connectivity index (χ2n) is 6.16. The number of hydrogen-bond acceptors (Lipinski definition) is 5. The topological polar surface area (TPSA) is 78.4 Å². The van der Waals surface area contributed by atoms with Crippen LogP contribution in [0.3, 0.4) is 0 Å². The summed E-state index contributed by atoms with van der Waals surface area (Å²) in [6.07, 6.45) is 3.41. The zero-order valence-corrected chi connectivity index (χ0v) is 16.3. The Labute approximate surface area is 170 Å². The Balaban J connectivity index is 1.37. The Bertz CT molecular complexity index is 1010. The molecule has 3 aromatic rings. The highest BCUT2D eigenvalue weighted by Gasteiger charge is 2.31. The Morgan fingerprint density at radius 1 is 1.25 bits per heavy atom. The van der Waals surface area contributed by atoms with Gasteiger partial charge >= 0.3 is 6.03 Å². The fraction of sp³-hybridized carbons (Fsp3) is 0.158. The number of halogens is 1. The Hall–Kier alpha value is -2.97. The summed E-state index contributed by atoms with van der Waals surface area (Å²) in [5, 5.41) is 5.67. The minimum Gasteiger partial charge on any atom is -0.313 e. The third kappa shape index (κ3) is 3.97. The van der Waals surface area contributed by atoms with Crippen LogP contribution >= 0.6 is 22.9 Å². The van der Waals surface area contributed by atoms with E-state index in [2.05, 4.69) is 15.3 Å². The molecule has 0 unspecified atom stereocenters. The van der Waals surface area contributed by atoms with Crippen molar-refractivity contribution in [3.05, 3.63) is 59.2 Å². The molecule has 28 heavy (non-hydrogen) atoms. The minimum atomic E-state index is -0.284. The molecule has 7 nitrogen and oxygen atoms in total. The normalized spacial score (nSPS) is 13.8. The van der Waals surface area contributed by atoms with Gasteiger partial charge in [-0.3, -0.25) is 14.7 Å². The molecule has 4 rings (SSSR count). The number of aromatic nitrogens is 2. The summed E-state index contributed by atoms with van der Waals surface area (Å²) in [7, 11) is 0. The van der Waals surface area contributed by atoms with Gasteiger partial charge < -0.3 is 10.2 Å². The molecule has 9 heteroatoms. The van der Waals surface area contributed by atoms with E-state index in [1.165, 1.54) is 16.2 Å². The number of urea groups is 1. The van der Waals surface area contributed by atoms with Crippen molar-refractivity contribution in [2.24, 2.45) is 0 Å². The van der Waals surface area contributed by atoms with E-state index in [1.54, 1.807) is 35.5 Å². The predicted molar refractivity (Wildman–Crippen MR) is 110 cm³/mol.